The molecule has 0 aliphatic rings. The van der Waals surface area contributed by atoms with Gasteiger partial charge in [0.05, 0.1) is 25.4 Å². The van der Waals surface area contributed by atoms with Gasteiger partial charge in [0.1, 0.15) is 0 Å². The van der Waals surface area contributed by atoms with Crippen LogP contribution in [0.3, 0.4) is 0 Å². The fraction of sp³-hybridized carbons (Fsp3) is 0.889. The summed E-state index contributed by atoms with van der Waals surface area (Å²) in [6.07, 6.45) is 86.6. The minimum atomic E-state index is -0.841. The lowest BCUT2D eigenvalue weighted by atomic mass is 10.0. The molecule has 0 radical (unpaired) electrons. The number of amides is 1. The Balaban J connectivity index is 3.33. The van der Waals surface area contributed by atoms with Gasteiger partial charge in [-0.1, -0.05) is 346 Å². The topological polar surface area (TPSA) is 95.9 Å². The second-order valence-electron chi connectivity index (χ2n) is 24.2. The van der Waals surface area contributed by atoms with Crippen molar-refractivity contribution < 1.29 is 24.5 Å². The highest BCUT2D eigenvalue weighted by atomic mass is 16.5. The molecule has 1 amide bonds. The zero-order chi connectivity index (χ0) is 56.4. The molecule has 460 valence electrons. The Kier molecular flexibility index (Phi) is 65.9. The fourth-order valence-electron chi connectivity index (χ4n) is 11.0. The van der Waals surface area contributed by atoms with Crippen LogP contribution in [-0.4, -0.2) is 47.4 Å². The average molecular weight is 1100 g/mol. The van der Waals surface area contributed by atoms with Crippen LogP contribution in [0.2, 0.25) is 0 Å². The number of hydrogen-bond acceptors (Lipinski definition) is 5. The number of aliphatic hydroxyl groups is 2. The number of esters is 1. The molecule has 6 heteroatoms. The van der Waals surface area contributed by atoms with E-state index in [9.17, 15) is 19.8 Å². The molecule has 3 N–H and O–H groups in total. The minimum Gasteiger partial charge on any atom is -0.466 e. The lowest BCUT2D eigenvalue weighted by molar-refractivity contribution is -0.143. The van der Waals surface area contributed by atoms with E-state index in [2.05, 4.69) is 43.5 Å². The molecule has 0 saturated heterocycles. The van der Waals surface area contributed by atoms with Crippen LogP contribution < -0.4 is 5.32 Å². The minimum absolute atomic E-state index is 0.0157. The molecule has 2 unspecified atom stereocenters. The van der Waals surface area contributed by atoms with E-state index in [4.69, 9.17) is 4.74 Å². The Labute approximate surface area is 487 Å². The number of carbonyl (C=O) groups excluding carboxylic acids is 2. The summed E-state index contributed by atoms with van der Waals surface area (Å²) in [6.45, 7) is 4.90. The highest BCUT2D eigenvalue weighted by Gasteiger charge is 2.18. The molecule has 2 atom stereocenters. The molecule has 0 bridgehead atoms. The molecule has 0 aliphatic carbocycles. The average Bonchev–Trinajstić information content (AvgIpc) is 3.44. The highest BCUT2D eigenvalue weighted by molar-refractivity contribution is 5.76. The van der Waals surface area contributed by atoms with Crippen LogP contribution in [0.5, 0.6) is 0 Å². The quantitative estimate of drug-likeness (QED) is 0.0320. The highest BCUT2D eigenvalue weighted by Crippen LogP contribution is 2.19. The first-order valence-corrected chi connectivity index (χ1v) is 35.3. The van der Waals surface area contributed by atoms with E-state index >= 15 is 0 Å². The van der Waals surface area contributed by atoms with Crippen molar-refractivity contribution in [2.45, 2.75) is 398 Å². The maximum Gasteiger partial charge on any atom is 0.305 e. The van der Waals surface area contributed by atoms with E-state index in [0.29, 0.717) is 19.4 Å². The molecule has 0 spiro atoms. The number of nitrogens with one attached hydrogen (secondary N) is 1. The number of carbonyl (C=O) groups is 2. The molecule has 0 saturated carbocycles. The van der Waals surface area contributed by atoms with Crippen molar-refractivity contribution in [2.24, 2.45) is 0 Å². The third-order valence-corrected chi connectivity index (χ3v) is 16.4. The Morgan fingerprint density at radius 1 is 0.359 bits per heavy atom. The second-order valence-corrected chi connectivity index (χ2v) is 24.2. The molecular weight excluding hydrogens is 959 g/mol. The van der Waals surface area contributed by atoms with Crippen LogP contribution in [-0.2, 0) is 14.3 Å². The van der Waals surface area contributed by atoms with Gasteiger partial charge in [0.2, 0.25) is 5.91 Å². The van der Waals surface area contributed by atoms with Gasteiger partial charge in [-0.25, -0.2) is 0 Å². The van der Waals surface area contributed by atoms with Crippen molar-refractivity contribution in [1.82, 2.24) is 5.32 Å². The first kappa shape index (κ1) is 76.1. The smallest absolute Gasteiger partial charge is 0.305 e. The largest absolute Gasteiger partial charge is 0.466 e. The van der Waals surface area contributed by atoms with Crippen molar-refractivity contribution in [3.05, 3.63) is 36.5 Å². The van der Waals surface area contributed by atoms with Crippen molar-refractivity contribution >= 4 is 11.9 Å². The Morgan fingerprint density at radius 2 is 0.641 bits per heavy atom. The van der Waals surface area contributed by atoms with Crippen LogP contribution >= 0.6 is 0 Å². The van der Waals surface area contributed by atoms with Gasteiger partial charge in [-0.3, -0.25) is 9.59 Å². The van der Waals surface area contributed by atoms with Crippen LogP contribution in [0.25, 0.3) is 0 Å². The zero-order valence-electron chi connectivity index (χ0n) is 52.7. The molecule has 6 nitrogen and oxygen atoms in total. The van der Waals surface area contributed by atoms with Crippen LogP contribution in [0.1, 0.15) is 386 Å². The predicted molar refractivity (Wildman–Crippen MR) is 343 cm³/mol. The van der Waals surface area contributed by atoms with Gasteiger partial charge < -0.3 is 20.3 Å². The van der Waals surface area contributed by atoms with E-state index in [0.717, 1.165) is 51.4 Å². The third-order valence-electron chi connectivity index (χ3n) is 16.4. The zero-order valence-corrected chi connectivity index (χ0v) is 52.7. The third kappa shape index (κ3) is 63.3. The normalized spacial score (nSPS) is 12.7. The molecule has 78 heavy (non-hydrogen) atoms. The summed E-state index contributed by atoms with van der Waals surface area (Å²) in [5.74, 6) is -0.0475. The number of hydrogen-bond donors (Lipinski definition) is 3. The van der Waals surface area contributed by atoms with Crippen molar-refractivity contribution in [2.75, 3.05) is 13.2 Å². The molecule has 0 rings (SSSR count). The van der Waals surface area contributed by atoms with Gasteiger partial charge >= 0.3 is 5.97 Å². The van der Waals surface area contributed by atoms with Gasteiger partial charge in [0.25, 0.3) is 0 Å². The molecule has 0 aromatic heterocycles. The summed E-state index contributed by atoms with van der Waals surface area (Å²) in [4.78, 5) is 24.6. The summed E-state index contributed by atoms with van der Waals surface area (Å²) in [5.41, 5.74) is 0. The van der Waals surface area contributed by atoms with Gasteiger partial charge in [-0.05, 0) is 64.2 Å². The fourth-order valence-corrected chi connectivity index (χ4v) is 11.0. The molecule has 0 aromatic rings. The SMILES string of the molecule is CCCCC/C=C\C/C=C\CCCCCCCCCCCC(=O)OCCCCCCCCCCCCCCCCCCCCCCCCCCCCCCCC(=O)NC(CO)C(O)/C=C/CCCCCCCCCCCCC. The number of aliphatic hydroxyl groups excluding tert-OH is 2. The van der Waals surface area contributed by atoms with Crippen molar-refractivity contribution in [3.8, 4) is 0 Å². The van der Waals surface area contributed by atoms with E-state index in [1.165, 1.54) is 308 Å². The van der Waals surface area contributed by atoms with Crippen molar-refractivity contribution in [3.63, 3.8) is 0 Å². The second kappa shape index (κ2) is 67.6. The van der Waals surface area contributed by atoms with Gasteiger partial charge in [-0.2, -0.15) is 0 Å². The maximum absolute atomic E-state index is 12.5. The maximum atomic E-state index is 12.5. The van der Waals surface area contributed by atoms with E-state index in [1.54, 1.807) is 6.08 Å². The van der Waals surface area contributed by atoms with E-state index < -0.39 is 12.1 Å². The van der Waals surface area contributed by atoms with Crippen LogP contribution in [0, 0.1) is 0 Å². The van der Waals surface area contributed by atoms with Gasteiger partial charge in [-0.15, -0.1) is 0 Å². The Hall–Kier alpha value is -1.92. The summed E-state index contributed by atoms with van der Waals surface area (Å²) in [7, 11) is 0. The lowest BCUT2D eigenvalue weighted by Crippen LogP contribution is -2.45. The van der Waals surface area contributed by atoms with Crippen LogP contribution in [0.15, 0.2) is 36.5 Å². The summed E-state index contributed by atoms with van der Waals surface area (Å²) < 4.78 is 5.51. The molecule has 0 fully saturated rings. The first-order valence-electron chi connectivity index (χ1n) is 35.3. The number of unbranched alkanes of at least 4 members (excludes halogenated alkanes) is 51. The Morgan fingerprint density at radius 3 is 1.00 bits per heavy atom. The van der Waals surface area contributed by atoms with Gasteiger partial charge in [0.15, 0.2) is 0 Å². The van der Waals surface area contributed by atoms with Crippen LogP contribution in [0.4, 0.5) is 0 Å². The number of allylic oxidation sites excluding steroid dienone is 5. The molecule has 0 aromatic carbocycles. The number of rotatable bonds is 66. The van der Waals surface area contributed by atoms with Gasteiger partial charge in [0, 0.05) is 12.8 Å². The molecule has 0 heterocycles. The lowest BCUT2D eigenvalue weighted by Gasteiger charge is -2.20. The predicted octanol–water partition coefficient (Wildman–Crippen LogP) is 22.7. The summed E-state index contributed by atoms with van der Waals surface area (Å²) in [6, 6.07) is -0.624. The Bertz CT molecular complexity index is 1260. The molecular formula is C72H137NO5. The first-order chi connectivity index (χ1) is 38.5. The van der Waals surface area contributed by atoms with E-state index in [1.807, 2.05) is 6.08 Å². The standard InChI is InChI=1S/C72H137NO5/c1-3-5-7-9-11-13-15-17-18-19-31-35-38-42-46-50-54-58-62-66-72(77)78-67-63-59-55-51-47-43-39-36-33-30-28-26-24-22-20-21-23-25-27-29-32-34-37-41-45-49-53-57-61-65-71(76)73-69(68-74)70(75)64-60-56-52-48-44-40-16-14-12-10-8-6-4-2/h11,13,17-18,60,64,69-70,74-75H,3-10,12,14-16,19-59,61-63,65-68H2,1-2H3,(H,73,76)/b13-11-,18-17-,64-60+. The van der Waals surface area contributed by atoms with Crippen molar-refractivity contribution in [1.29, 1.82) is 0 Å². The summed E-state index contributed by atoms with van der Waals surface area (Å²) in [5, 5.41) is 23.1. The van der Waals surface area contributed by atoms with E-state index in [-0.39, 0.29) is 18.5 Å². The monoisotopic (exact) mass is 1100 g/mol. The summed E-state index contributed by atoms with van der Waals surface area (Å²) >= 11 is 0. The number of ether oxygens (including phenoxy) is 1. The molecule has 0 aliphatic heterocycles.